The van der Waals surface area contributed by atoms with Crippen LogP contribution in [0, 0.1) is 0 Å². The molecule has 0 spiro atoms. The molecule has 6 aromatic rings. The van der Waals surface area contributed by atoms with Gasteiger partial charge < -0.3 is 0 Å². The van der Waals surface area contributed by atoms with Crippen LogP contribution in [0.5, 0.6) is 0 Å². The van der Waals surface area contributed by atoms with Crippen molar-refractivity contribution in [3.05, 3.63) is 93.9 Å². The van der Waals surface area contributed by atoms with Crippen molar-refractivity contribution in [2.75, 3.05) is 11.5 Å². The summed E-state index contributed by atoms with van der Waals surface area (Å²) in [4.78, 5) is 12.5. The number of fused-ring (bicyclic) bond motifs is 4. The Hall–Kier alpha value is -2.12. The van der Waals surface area contributed by atoms with Gasteiger partial charge in [0.25, 0.3) is 0 Å². The van der Waals surface area contributed by atoms with Crippen LogP contribution in [0.15, 0.2) is 104 Å². The van der Waals surface area contributed by atoms with Crippen molar-refractivity contribution < 1.29 is 0 Å². The third kappa shape index (κ3) is 5.60. The molecule has 0 radical (unpaired) electrons. The van der Waals surface area contributed by atoms with Gasteiger partial charge in [0, 0.05) is 40.3 Å². The number of hydrogen-bond acceptors (Lipinski definition) is 4. The minimum absolute atomic E-state index is 1.06. The predicted octanol–water partition coefficient (Wildman–Crippen LogP) is 11.1. The second-order valence-corrected chi connectivity index (χ2v) is 13.4. The molecule has 0 aliphatic rings. The summed E-state index contributed by atoms with van der Waals surface area (Å²) in [6, 6.07) is 29.8. The van der Waals surface area contributed by atoms with Crippen molar-refractivity contribution in [1.82, 2.24) is 9.97 Å². The first-order valence-electron chi connectivity index (χ1n) is 12.9. The molecule has 2 nitrogen and oxygen atoms in total. The molecule has 2 aromatic heterocycles. The van der Waals surface area contributed by atoms with Gasteiger partial charge in [-0.25, -0.2) is 9.97 Å². The lowest BCUT2D eigenvalue weighted by molar-refractivity contribution is 0.711. The number of halogens is 2. The first-order valence-corrected chi connectivity index (χ1v) is 16.4. The van der Waals surface area contributed by atoms with Crippen LogP contribution in [-0.2, 0) is 0 Å². The fourth-order valence-electron chi connectivity index (χ4n) is 4.87. The van der Waals surface area contributed by atoms with E-state index in [-0.39, 0.29) is 0 Å². The van der Waals surface area contributed by atoms with Crippen molar-refractivity contribution in [1.29, 1.82) is 0 Å². The number of para-hydroxylation sites is 2. The number of rotatable bonds is 9. The molecule has 0 atom stereocenters. The average molecular weight is 663 g/mol. The average Bonchev–Trinajstić information content (AvgIpc) is 2.93. The zero-order valence-electron chi connectivity index (χ0n) is 20.8. The Kier molecular flexibility index (Phi) is 8.21. The molecule has 38 heavy (non-hydrogen) atoms. The minimum atomic E-state index is 1.06. The van der Waals surface area contributed by atoms with Crippen LogP contribution in [0.25, 0.3) is 43.6 Å². The fourth-order valence-corrected chi connectivity index (χ4v) is 7.99. The Labute approximate surface area is 248 Å². The SMILES string of the molecule is Brc1ccc2nc3ccccc3c(SCCCCCCSc3c4ccccc4nc4ccc(Br)cc34)c2c1. The molecule has 4 aromatic carbocycles. The van der Waals surface area contributed by atoms with E-state index in [1.54, 1.807) is 0 Å². The lowest BCUT2D eigenvalue weighted by atomic mass is 10.1. The Morgan fingerprint density at radius 2 is 0.895 bits per heavy atom. The minimum Gasteiger partial charge on any atom is -0.248 e. The number of nitrogens with zero attached hydrogens (tertiary/aromatic N) is 2. The van der Waals surface area contributed by atoms with Crippen molar-refractivity contribution in [2.24, 2.45) is 0 Å². The van der Waals surface area contributed by atoms with Crippen LogP contribution in [0.4, 0.5) is 0 Å². The molecule has 0 aliphatic carbocycles. The van der Waals surface area contributed by atoms with Crippen LogP contribution < -0.4 is 0 Å². The number of unbranched alkanes of at least 4 members (excludes halogenated alkanes) is 3. The van der Waals surface area contributed by atoms with Crippen LogP contribution in [-0.4, -0.2) is 21.5 Å². The van der Waals surface area contributed by atoms with E-state index < -0.39 is 0 Å². The molecule has 0 saturated carbocycles. The van der Waals surface area contributed by atoms with E-state index in [1.165, 1.54) is 57.0 Å². The standard InChI is InChI=1S/C32H26Br2N2S2/c33-21-13-15-29-25(19-21)31(23-9-3-5-11-27(23)35-29)37-17-7-1-2-8-18-38-32-24-10-4-6-12-28(24)36-30-16-14-22(34)20-26(30)32/h3-6,9-16,19-20H,1-2,7-8,17-18H2. The van der Waals surface area contributed by atoms with Gasteiger partial charge in [-0.3, -0.25) is 0 Å². The second kappa shape index (κ2) is 12.0. The predicted molar refractivity (Wildman–Crippen MR) is 174 cm³/mol. The lowest BCUT2D eigenvalue weighted by Crippen LogP contribution is -1.90. The summed E-state index contributed by atoms with van der Waals surface area (Å²) in [6.45, 7) is 0. The second-order valence-electron chi connectivity index (χ2n) is 9.35. The zero-order chi connectivity index (χ0) is 25.9. The molecular formula is C32H26Br2N2S2. The van der Waals surface area contributed by atoms with E-state index in [2.05, 4.69) is 117 Å². The van der Waals surface area contributed by atoms with Crippen molar-refractivity contribution >= 4 is 99.0 Å². The van der Waals surface area contributed by atoms with Crippen LogP contribution in [0.3, 0.4) is 0 Å². The van der Waals surface area contributed by atoms with Crippen molar-refractivity contribution in [2.45, 2.75) is 35.5 Å². The maximum absolute atomic E-state index is 4.88. The number of thioether (sulfide) groups is 2. The Morgan fingerprint density at radius 1 is 0.474 bits per heavy atom. The van der Waals surface area contributed by atoms with Gasteiger partial charge in [-0.05, 0) is 72.9 Å². The highest BCUT2D eigenvalue weighted by molar-refractivity contribution is 9.10. The summed E-state index contributed by atoms with van der Waals surface area (Å²) in [7, 11) is 0. The Bertz CT molecular complexity index is 1640. The number of aromatic nitrogens is 2. The van der Waals surface area contributed by atoms with E-state index >= 15 is 0 Å². The molecule has 190 valence electrons. The molecule has 0 amide bonds. The monoisotopic (exact) mass is 660 g/mol. The number of hydrogen-bond donors (Lipinski definition) is 0. The van der Waals surface area contributed by atoms with Crippen molar-refractivity contribution in [3.63, 3.8) is 0 Å². The molecule has 6 heteroatoms. The molecular weight excluding hydrogens is 636 g/mol. The Morgan fingerprint density at radius 3 is 1.37 bits per heavy atom. The highest BCUT2D eigenvalue weighted by atomic mass is 79.9. The summed E-state index contributed by atoms with van der Waals surface area (Å²) in [6.07, 6.45) is 4.94. The summed E-state index contributed by atoms with van der Waals surface area (Å²) in [5.41, 5.74) is 4.28. The van der Waals surface area contributed by atoms with E-state index in [0.717, 1.165) is 42.5 Å². The van der Waals surface area contributed by atoms with E-state index in [4.69, 9.17) is 9.97 Å². The lowest BCUT2D eigenvalue weighted by Gasteiger charge is -2.12. The molecule has 0 unspecified atom stereocenters. The third-order valence-corrected chi connectivity index (χ3v) is 10.1. The highest BCUT2D eigenvalue weighted by Crippen LogP contribution is 2.37. The van der Waals surface area contributed by atoms with Gasteiger partial charge in [0.2, 0.25) is 0 Å². The smallest absolute Gasteiger partial charge is 0.0721 e. The molecule has 0 aliphatic heterocycles. The number of pyridine rings is 2. The molecule has 0 fully saturated rings. The quantitative estimate of drug-likeness (QED) is 0.0874. The van der Waals surface area contributed by atoms with Gasteiger partial charge in [0.05, 0.1) is 22.1 Å². The maximum Gasteiger partial charge on any atom is 0.0721 e. The van der Waals surface area contributed by atoms with Gasteiger partial charge in [-0.2, -0.15) is 0 Å². The molecule has 0 N–H and O–H groups in total. The topological polar surface area (TPSA) is 25.8 Å². The van der Waals surface area contributed by atoms with Crippen LogP contribution >= 0.6 is 55.4 Å². The van der Waals surface area contributed by atoms with E-state index in [0.29, 0.717) is 0 Å². The molecule has 2 heterocycles. The largest absolute Gasteiger partial charge is 0.248 e. The third-order valence-electron chi connectivity index (χ3n) is 6.72. The summed E-state index contributed by atoms with van der Waals surface area (Å²) in [5.74, 6) is 2.24. The van der Waals surface area contributed by atoms with Crippen LogP contribution in [0.2, 0.25) is 0 Å². The van der Waals surface area contributed by atoms with Gasteiger partial charge in [-0.15, -0.1) is 23.5 Å². The van der Waals surface area contributed by atoms with Crippen LogP contribution in [0.1, 0.15) is 25.7 Å². The fraction of sp³-hybridized carbons (Fsp3) is 0.188. The van der Waals surface area contributed by atoms with Gasteiger partial charge >= 0.3 is 0 Å². The first-order chi connectivity index (χ1) is 18.7. The summed E-state index contributed by atoms with van der Waals surface area (Å²) < 4.78 is 2.20. The Balaban J connectivity index is 1.07. The summed E-state index contributed by atoms with van der Waals surface area (Å²) in [5, 5.41) is 4.98. The van der Waals surface area contributed by atoms with E-state index in [9.17, 15) is 0 Å². The number of benzene rings is 4. The first kappa shape index (κ1) is 26.1. The highest BCUT2D eigenvalue weighted by Gasteiger charge is 2.11. The zero-order valence-corrected chi connectivity index (χ0v) is 25.6. The molecule has 0 saturated heterocycles. The van der Waals surface area contributed by atoms with Gasteiger partial charge in [0.15, 0.2) is 0 Å². The summed E-state index contributed by atoms with van der Waals surface area (Å²) >= 11 is 11.3. The molecule has 6 rings (SSSR count). The van der Waals surface area contributed by atoms with Gasteiger partial charge in [-0.1, -0.05) is 81.1 Å². The van der Waals surface area contributed by atoms with Crippen molar-refractivity contribution in [3.8, 4) is 0 Å². The maximum atomic E-state index is 4.88. The van der Waals surface area contributed by atoms with Gasteiger partial charge in [0.1, 0.15) is 0 Å². The van der Waals surface area contributed by atoms with E-state index in [1.807, 2.05) is 23.5 Å². The molecule has 0 bridgehead atoms. The normalized spacial score (nSPS) is 11.7.